The Hall–Kier alpha value is -1.89. The van der Waals surface area contributed by atoms with Crippen LogP contribution in [0.15, 0.2) is 58.3 Å². The van der Waals surface area contributed by atoms with E-state index < -0.39 is 9.84 Å². The van der Waals surface area contributed by atoms with E-state index in [1.807, 2.05) is 19.1 Å². The molecule has 0 bridgehead atoms. The first-order valence-electron chi connectivity index (χ1n) is 9.14. The molecule has 0 aromatic heterocycles. The average Bonchev–Trinajstić information content (AvgIpc) is 2.68. The van der Waals surface area contributed by atoms with Gasteiger partial charge in [-0.25, -0.2) is 8.42 Å². The molecular weight excluding hydrogens is 364 g/mol. The summed E-state index contributed by atoms with van der Waals surface area (Å²) in [6, 6.07) is 13.5. The first kappa shape index (κ1) is 21.4. The standard InChI is InChI=1S/C21H28O5S/c1-4-5-18-6-10-20(11-7-18)27(22,23)21-12-8-19(9-13-21)26-15-14-25-16-17(2)24-3/h6-13,17H,4-5,14-16H2,1-3H3. The molecule has 0 radical (unpaired) electrons. The molecule has 0 saturated heterocycles. The lowest BCUT2D eigenvalue weighted by atomic mass is 10.1. The zero-order valence-electron chi connectivity index (χ0n) is 16.2. The summed E-state index contributed by atoms with van der Waals surface area (Å²) in [4.78, 5) is 0.556. The molecule has 0 aliphatic carbocycles. The van der Waals surface area contributed by atoms with Crippen molar-refractivity contribution < 1.29 is 22.6 Å². The number of rotatable bonds is 11. The lowest BCUT2D eigenvalue weighted by Gasteiger charge is -2.11. The predicted molar refractivity (Wildman–Crippen MR) is 105 cm³/mol. The highest BCUT2D eigenvalue weighted by molar-refractivity contribution is 7.91. The maximum Gasteiger partial charge on any atom is 0.206 e. The van der Waals surface area contributed by atoms with Gasteiger partial charge in [0.05, 0.1) is 29.1 Å². The van der Waals surface area contributed by atoms with E-state index in [4.69, 9.17) is 14.2 Å². The molecule has 0 aliphatic heterocycles. The van der Waals surface area contributed by atoms with Crippen LogP contribution in [0.25, 0.3) is 0 Å². The highest BCUT2D eigenvalue weighted by atomic mass is 32.2. The summed E-state index contributed by atoms with van der Waals surface area (Å²) >= 11 is 0. The highest BCUT2D eigenvalue weighted by Gasteiger charge is 2.17. The SMILES string of the molecule is CCCc1ccc(S(=O)(=O)c2ccc(OCCOCC(C)OC)cc2)cc1. The molecule has 5 nitrogen and oxygen atoms in total. The number of sulfone groups is 1. The molecule has 0 heterocycles. The van der Waals surface area contributed by atoms with E-state index in [1.54, 1.807) is 43.5 Å². The second-order valence-corrected chi connectivity index (χ2v) is 8.29. The van der Waals surface area contributed by atoms with Crippen LogP contribution < -0.4 is 4.74 Å². The second-order valence-electron chi connectivity index (χ2n) is 6.34. The summed E-state index contributed by atoms with van der Waals surface area (Å²) in [6.45, 7) is 5.37. The summed E-state index contributed by atoms with van der Waals surface area (Å²) in [5, 5.41) is 0. The van der Waals surface area contributed by atoms with Crippen LogP contribution in [0.3, 0.4) is 0 Å². The predicted octanol–water partition coefficient (Wildman–Crippen LogP) is 3.90. The van der Waals surface area contributed by atoms with Gasteiger partial charge < -0.3 is 14.2 Å². The van der Waals surface area contributed by atoms with Crippen LogP contribution in [0.2, 0.25) is 0 Å². The van der Waals surface area contributed by atoms with Crippen molar-refractivity contribution in [2.24, 2.45) is 0 Å². The quantitative estimate of drug-likeness (QED) is 0.543. The van der Waals surface area contributed by atoms with E-state index in [-0.39, 0.29) is 11.0 Å². The number of aryl methyl sites for hydroxylation is 1. The Kier molecular flexibility index (Phi) is 8.28. The Labute approximate surface area is 162 Å². The summed E-state index contributed by atoms with van der Waals surface area (Å²) in [7, 11) is -1.88. The average molecular weight is 393 g/mol. The number of hydrogen-bond acceptors (Lipinski definition) is 5. The van der Waals surface area contributed by atoms with Gasteiger partial charge in [0.25, 0.3) is 0 Å². The van der Waals surface area contributed by atoms with Gasteiger partial charge in [0, 0.05) is 7.11 Å². The van der Waals surface area contributed by atoms with Crippen LogP contribution in [-0.2, 0) is 25.7 Å². The molecule has 1 atom stereocenters. The minimum atomic E-state index is -3.52. The number of methoxy groups -OCH3 is 1. The van der Waals surface area contributed by atoms with E-state index >= 15 is 0 Å². The van der Waals surface area contributed by atoms with Gasteiger partial charge in [-0.3, -0.25) is 0 Å². The third-order valence-corrected chi connectivity index (χ3v) is 5.94. The van der Waals surface area contributed by atoms with Gasteiger partial charge >= 0.3 is 0 Å². The van der Waals surface area contributed by atoms with Crippen LogP contribution >= 0.6 is 0 Å². The van der Waals surface area contributed by atoms with Crippen LogP contribution in [0.4, 0.5) is 0 Å². The monoisotopic (exact) mass is 392 g/mol. The van der Waals surface area contributed by atoms with Crippen LogP contribution in [0.1, 0.15) is 25.8 Å². The van der Waals surface area contributed by atoms with Crippen molar-refractivity contribution in [3.05, 3.63) is 54.1 Å². The molecular formula is C21H28O5S. The molecule has 0 N–H and O–H groups in total. The van der Waals surface area contributed by atoms with Gasteiger partial charge in [-0.1, -0.05) is 25.5 Å². The fourth-order valence-electron chi connectivity index (χ4n) is 2.51. The lowest BCUT2D eigenvalue weighted by Crippen LogP contribution is -2.16. The smallest absolute Gasteiger partial charge is 0.206 e. The largest absolute Gasteiger partial charge is 0.491 e. The molecule has 0 fully saturated rings. The highest BCUT2D eigenvalue weighted by Crippen LogP contribution is 2.23. The van der Waals surface area contributed by atoms with E-state index in [0.29, 0.717) is 30.5 Å². The molecule has 0 spiro atoms. The summed E-state index contributed by atoms with van der Waals surface area (Å²) < 4.78 is 41.6. The zero-order valence-corrected chi connectivity index (χ0v) is 17.0. The molecule has 0 aliphatic rings. The minimum Gasteiger partial charge on any atom is -0.491 e. The molecule has 2 aromatic rings. The van der Waals surface area contributed by atoms with Gasteiger partial charge in [-0.05, 0) is 55.3 Å². The van der Waals surface area contributed by atoms with Crippen molar-refractivity contribution in [2.75, 3.05) is 26.9 Å². The molecule has 1 unspecified atom stereocenters. The summed E-state index contributed by atoms with van der Waals surface area (Å²) in [5.41, 5.74) is 1.14. The minimum absolute atomic E-state index is 0.0468. The van der Waals surface area contributed by atoms with Crippen molar-refractivity contribution in [3.8, 4) is 5.75 Å². The number of benzene rings is 2. The number of ether oxygens (including phenoxy) is 3. The Morgan fingerprint density at radius 2 is 1.52 bits per heavy atom. The molecule has 148 valence electrons. The van der Waals surface area contributed by atoms with Crippen LogP contribution in [0, 0.1) is 0 Å². The van der Waals surface area contributed by atoms with Crippen LogP contribution in [0.5, 0.6) is 5.75 Å². The molecule has 0 amide bonds. The third-order valence-electron chi connectivity index (χ3n) is 4.16. The fourth-order valence-corrected chi connectivity index (χ4v) is 3.77. The normalized spacial score (nSPS) is 12.7. The summed E-state index contributed by atoms with van der Waals surface area (Å²) in [5.74, 6) is 0.607. The van der Waals surface area contributed by atoms with Gasteiger partial charge in [-0.2, -0.15) is 0 Å². The summed E-state index contributed by atoms with van der Waals surface area (Å²) in [6.07, 6.45) is 2.02. The molecule has 0 saturated carbocycles. The van der Waals surface area contributed by atoms with Crippen molar-refractivity contribution in [2.45, 2.75) is 42.6 Å². The Balaban J connectivity index is 1.93. The van der Waals surface area contributed by atoms with Crippen molar-refractivity contribution >= 4 is 9.84 Å². The second kappa shape index (κ2) is 10.4. The first-order chi connectivity index (χ1) is 13.0. The van der Waals surface area contributed by atoms with Crippen molar-refractivity contribution in [1.82, 2.24) is 0 Å². The van der Waals surface area contributed by atoms with E-state index in [0.717, 1.165) is 18.4 Å². The Morgan fingerprint density at radius 3 is 2.07 bits per heavy atom. The van der Waals surface area contributed by atoms with E-state index in [1.165, 1.54) is 0 Å². The molecule has 2 aromatic carbocycles. The lowest BCUT2D eigenvalue weighted by molar-refractivity contribution is 0.00958. The van der Waals surface area contributed by atoms with Gasteiger partial charge in [0.1, 0.15) is 12.4 Å². The Bertz CT molecular complexity index is 782. The van der Waals surface area contributed by atoms with Gasteiger partial charge in [0.2, 0.25) is 9.84 Å². The van der Waals surface area contributed by atoms with Gasteiger partial charge in [0.15, 0.2) is 0 Å². The topological polar surface area (TPSA) is 61.8 Å². The van der Waals surface area contributed by atoms with E-state index in [9.17, 15) is 8.42 Å². The molecule has 2 rings (SSSR count). The third kappa shape index (κ3) is 6.34. The Morgan fingerprint density at radius 1 is 0.926 bits per heavy atom. The maximum atomic E-state index is 12.7. The van der Waals surface area contributed by atoms with Crippen molar-refractivity contribution in [3.63, 3.8) is 0 Å². The number of hydrogen-bond donors (Lipinski definition) is 0. The van der Waals surface area contributed by atoms with E-state index in [2.05, 4.69) is 6.92 Å². The maximum absolute atomic E-state index is 12.7. The zero-order chi connectivity index (χ0) is 19.7. The molecule has 27 heavy (non-hydrogen) atoms. The van der Waals surface area contributed by atoms with Crippen LogP contribution in [-0.4, -0.2) is 41.5 Å². The van der Waals surface area contributed by atoms with Gasteiger partial charge in [-0.15, -0.1) is 0 Å². The van der Waals surface area contributed by atoms with Crippen molar-refractivity contribution in [1.29, 1.82) is 0 Å². The first-order valence-corrected chi connectivity index (χ1v) is 10.6. The molecule has 6 heteroatoms. The fraction of sp³-hybridized carbons (Fsp3) is 0.429.